The SMILES string of the molecule is CCCN(Cc1nnc(-c2ccco2)o1)C(=O)c1ccc(C)[nH]c1=O. The van der Waals surface area contributed by atoms with Crippen LogP contribution in [0.25, 0.3) is 11.7 Å². The fraction of sp³-hybridized carbons (Fsp3) is 0.294. The summed E-state index contributed by atoms with van der Waals surface area (Å²) >= 11 is 0. The molecule has 0 aliphatic heterocycles. The number of nitrogens with one attached hydrogen (secondary N) is 1. The van der Waals surface area contributed by atoms with Crippen molar-refractivity contribution in [3.8, 4) is 11.7 Å². The van der Waals surface area contributed by atoms with Crippen LogP contribution in [-0.4, -0.2) is 32.5 Å². The third-order valence-electron chi connectivity index (χ3n) is 3.59. The van der Waals surface area contributed by atoms with Gasteiger partial charge in [-0.25, -0.2) is 0 Å². The molecule has 3 heterocycles. The van der Waals surface area contributed by atoms with Gasteiger partial charge in [-0.2, -0.15) is 0 Å². The molecule has 3 aromatic rings. The number of carbonyl (C=O) groups is 1. The summed E-state index contributed by atoms with van der Waals surface area (Å²) in [5.41, 5.74) is 0.376. The molecule has 8 nitrogen and oxygen atoms in total. The van der Waals surface area contributed by atoms with Gasteiger partial charge in [-0.1, -0.05) is 6.92 Å². The lowest BCUT2D eigenvalue weighted by molar-refractivity contribution is 0.0726. The highest BCUT2D eigenvalue weighted by Gasteiger charge is 2.21. The summed E-state index contributed by atoms with van der Waals surface area (Å²) in [6.07, 6.45) is 2.24. The summed E-state index contributed by atoms with van der Waals surface area (Å²) in [7, 11) is 0. The van der Waals surface area contributed by atoms with Crippen molar-refractivity contribution in [3.63, 3.8) is 0 Å². The highest BCUT2D eigenvalue weighted by atomic mass is 16.4. The molecule has 0 fully saturated rings. The quantitative estimate of drug-likeness (QED) is 0.737. The van der Waals surface area contributed by atoms with E-state index >= 15 is 0 Å². The van der Waals surface area contributed by atoms with Crippen molar-refractivity contribution in [2.24, 2.45) is 0 Å². The second kappa shape index (κ2) is 7.16. The fourth-order valence-electron chi connectivity index (χ4n) is 2.41. The van der Waals surface area contributed by atoms with E-state index < -0.39 is 5.56 Å². The zero-order valence-corrected chi connectivity index (χ0v) is 14.0. The Kier molecular flexibility index (Phi) is 4.78. The Hall–Kier alpha value is -3.16. The Morgan fingerprint density at radius 2 is 2.12 bits per heavy atom. The van der Waals surface area contributed by atoms with Crippen LogP contribution >= 0.6 is 0 Å². The van der Waals surface area contributed by atoms with Gasteiger partial charge in [-0.3, -0.25) is 9.59 Å². The van der Waals surface area contributed by atoms with E-state index in [1.54, 1.807) is 25.1 Å². The molecule has 0 radical (unpaired) electrons. The third kappa shape index (κ3) is 3.68. The summed E-state index contributed by atoms with van der Waals surface area (Å²) in [6.45, 7) is 4.29. The van der Waals surface area contributed by atoms with Crippen LogP contribution in [0.4, 0.5) is 0 Å². The topological polar surface area (TPSA) is 105 Å². The van der Waals surface area contributed by atoms with Gasteiger partial charge in [0.1, 0.15) is 5.56 Å². The Bertz CT molecular complexity index is 911. The van der Waals surface area contributed by atoms with Crippen molar-refractivity contribution >= 4 is 5.91 Å². The van der Waals surface area contributed by atoms with Crippen LogP contribution in [0.2, 0.25) is 0 Å². The molecule has 1 N–H and O–H groups in total. The lowest BCUT2D eigenvalue weighted by atomic mass is 10.2. The van der Waals surface area contributed by atoms with E-state index in [1.165, 1.54) is 17.2 Å². The van der Waals surface area contributed by atoms with Gasteiger partial charge in [0.05, 0.1) is 12.8 Å². The maximum absolute atomic E-state index is 12.7. The first kappa shape index (κ1) is 16.7. The van der Waals surface area contributed by atoms with Crippen LogP contribution in [0.1, 0.15) is 35.3 Å². The van der Waals surface area contributed by atoms with Gasteiger partial charge < -0.3 is 18.7 Å². The van der Waals surface area contributed by atoms with Crippen molar-refractivity contribution < 1.29 is 13.6 Å². The van der Waals surface area contributed by atoms with Gasteiger partial charge in [0.15, 0.2) is 5.76 Å². The molecule has 25 heavy (non-hydrogen) atoms. The van der Waals surface area contributed by atoms with Gasteiger partial charge in [0, 0.05) is 12.2 Å². The van der Waals surface area contributed by atoms with Crippen LogP contribution < -0.4 is 5.56 Å². The molecule has 1 amide bonds. The van der Waals surface area contributed by atoms with E-state index in [-0.39, 0.29) is 29.8 Å². The average Bonchev–Trinajstić information content (AvgIpc) is 3.25. The monoisotopic (exact) mass is 342 g/mol. The Morgan fingerprint density at radius 3 is 2.80 bits per heavy atom. The number of amides is 1. The molecule has 3 aromatic heterocycles. The van der Waals surface area contributed by atoms with Crippen molar-refractivity contribution in [3.05, 3.63) is 58.0 Å². The number of rotatable bonds is 6. The van der Waals surface area contributed by atoms with Crippen LogP contribution in [0.3, 0.4) is 0 Å². The van der Waals surface area contributed by atoms with Crippen molar-refractivity contribution in [2.45, 2.75) is 26.8 Å². The first-order valence-electron chi connectivity index (χ1n) is 7.94. The molecule has 0 aliphatic rings. The maximum atomic E-state index is 12.7. The van der Waals surface area contributed by atoms with Crippen LogP contribution in [0.15, 0.2) is 44.2 Å². The van der Waals surface area contributed by atoms with Crippen molar-refractivity contribution in [1.29, 1.82) is 0 Å². The number of H-pyrrole nitrogens is 1. The number of furan rings is 1. The minimum atomic E-state index is -0.409. The lowest BCUT2D eigenvalue weighted by Crippen LogP contribution is -2.35. The molecule has 0 atom stereocenters. The summed E-state index contributed by atoms with van der Waals surface area (Å²) < 4.78 is 10.8. The average molecular weight is 342 g/mol. The fourth-order valence-corrected chi connectivity index (χ4v) is 2.41. The molecule has 0 bridgehead atoms. The summed E-state index contributed by atoms with van der Waals surface area (Å²) in [6, 6.07) is 6.65. The largest absolute Gasteiger partial charge is 0.459 e. The molecule has 0 aliphatic carbocycles. The summed E-state index contributed by atoms with van der Waals surface area (Å²) in [4.78, 5) is 28.9. The standard InChI is InChI=1S/C17H18N4O4/c1-3-8-21(17(23)12-7-6-11(2)18-15(12)22)10-14-19-20-16(25-14)13-5-4-9-24-13/h4-7,9H,3,8,10H2,1-2H3,(H,18,22). The normalized spacial score (nSPS) is 10.8. The zero-order valence-electron chi connectivity index (χ0n) is 14.0. The minimum Gasteiger partial charge on any atom is -0.459 e. The molecule has 130 valence electrons. The van der Waals surface area contributed by atoms with Crippen LogP contribution in [-0.2, 0) is 6.54 Å². The number of carbonyl (C=O) groups excluding carboxylic acids is 1. The Balaban J connectivity index is 1.81. The number of hydrogen-bond acceptors (Lipinski definition) is 6. The molecule has 8 heteroatoms. The second-order valence-corrected chi connectivity index (χ2v) is 5.59. The smallest absolute Gasteiger partial charge is 0.283 e. The maximum Gasteiger partial charge on any atom is 0.283 e. The van der Waals surface area contributed by atoms with Gasteiger partial charge in [0.25, 0.3) is 17.4 Å². The molecule has 0 unspecified atom stereocenters. The first-order valence-corrected chi connectivity index (χ1v) is 7.94. The van der Waals surface area contributed by atoms with Crippen LogP contribution in [0, 0.1) is 6.92 Å². The lowest BCUT2D eigenvalue weighted by Gasteiger charge is -2.19. The minimum absolute atomic E-state index is 0.0878. The Morgan fingerprint density at radius 1 is 1.28 bits per heavy atom. The predicted octanol–water partition coefficient (Wildman–Crippen LogP) is 2.38. The first-order chi connectivity index (χ1) is 12.1. The number of nitrogens with zero attached hydrogens (tertiary/aromatic N) is 3. The molecule has 0 spiro atoms. The van der Waals surface area contributed by atoms with E-state index in [0.717, 1.165) is 6.42 Å². The zero-order chi connectivity index (χ0) is 17.8. The molecule has 3 rings (SSSR count). The van der Waals surface area contributed by atoms with E-state index in [4.69, 9.17) is 8.83 Å². The van der Waals surface area contributed by atoms with Gasteiger partial charge in [-0.05, 0) is 37.6 Å². The third-order valence-corrected chi connectivity index (χ3v) is 3.59. The summed E-state index contributed by atoms with van der Waals surface area (Å²) in [5.74, 6) is 0.608. The van der Waals surface area contributed by atoms with Gasteiger partial charge in [-0.15, -0.1) is 10.2 Å². The molecular formula is C17H18N4O4. The highest BCUT2D eigenvalue weighted by Crippen LogP contribution is 2.19. The summed E-state index contributed by atoms with van der Waals surface area (Å²) in [5, 5.41) is 7.87. The molecule has 0 aromatic carbocycles. The Labute approximate surface area is 143 Å². The molecule has 0 saturated carbocycles. The number of aromatic nitrogens is 3. The van der Waals surface area contributed by atoms with Crippen LogP contribution in [0.5, 0.6) is 0 Å². The van der Waals surface area contributed by atoms with Gasteiger partial charge in [0.2, 0.25) is 5.89 Å². The number of pyridine rings is 1. The predicted molar refractivity (Wildman–Crippen MR) is 88.8 cm³/mol. The molecule has 0 saturated heterocycles. The van der Waals surface area contributed by atoms with Gasteiger partial charge >= 0.3 is 0 Å². The van der Waals surface area contributed by atoms with E-state index in [0.29, 0.717) is 18.0 Å². The van der Waals surface area contributed by atoms with E-state index in [1.807, 2.05) is 6.92 Å². The highest BCUT2D eigenvalue weighted by molar-refractivity contribution is 5.93. The van der Waals surface area contributed by atoms with E-state index in [2.05, 4.69) is 15.2 Å². The number of aryl methyl sites for hydroxylation is 1. The number of hydrogen-bond donors (Lipinski definition) is 1. The second-order valence-electron chi connectivity index (χ2n) is 5.59. The van der Waals surface area contributed by atoms with Crippen molar-refractivity contribution in [2.75, 3.05) is 6.54 Å². The van der Waals surface area contributed by atoms with Crippen molar-refractivity contribution in [1.82, 2.24) is 20.1 Å². The molecular weight excluding hydrogens is 324 g/mol. The van der Waals surface area contributed by atoms with E-state index in [9.17, 15) is 9.59 Å². The number of aromatic amines is 1.